The van der Waals surface area contributed by atoms with Gasteiger partial charge in [0.05, 0.1) is 0 Å². The van der Waals surface area contributed by atoms with Crippen molar-refractivity contribution in [3.63, 3.8) is 0 Å². The first-order valence-corrected chi connectivity index (χ1v) is 8.63. The summed E-state index contributed by atoms with van der Waals surface area (Å²) in [6.07, 6.45) is 17.1. The number of hydrogen-bond donors (Lipinski definition) is 1. The summed E-state index contributed by atoms with van der Waals surface area (Å²) < 4.78 is 0. The first-order valence-electron chi connectivity index (χ1n) is 8.63. The molecule has 0 radical (unpaired) electrons. The van der Waals surface area contributed by atoms with Gasteiger partial charge >= 0.3 is 0 Å². The fraction of sp³-hybridized carbons (Fsp3) is 0.889. The highest BCUT2D eigenvalue weighted by atomic mass is 14.9. The van der Waals surface area contributed by atoms with Crippen molar-refractivity contribution in [2.75, 3.05) is 6.54 Å². The third-order valence-corrected chi connectivity index (χ3v) is 5.08. The highest BCUT2D eigenvalue weighted by Crippen LogP contribution is 2.45. The highest BCUT2D eigenvalue weighted by Gasteiger charge is 2.38. The van der Waals surface area contributed by atoms with Crippen LogP contribution in [0, 0.1) is 5.41 Å². The van der Waals surface area contributed by atoms with Crippen LogP contribution in [0.2, 0.25) is 0 Å². The third kappa shape index (κ3) is 5.30. The Hall–Kier alpha value is -0.300. The molecule has 0 aromatic rings. The molecule has 1 aliphatic carbocycles. The van der Waals surface area contributed by atoms with Crippen molar-refractivity contribution in [1.82, 2.24) is 5.32 Å². The van der Waals surface area contributed by atoms with Gasteiger partial charge in [0.2, 0.25) is 0 Å². The maximum Gasteiger partial charge on any atom is 0.0123 e. The molecule has 1 N–H and O–H groups in total. The van der Waals surface area contributed by atoms with E-state index in [9.17, 15) is 0 Å². The van der Waals surface area contributed by atoms with E-state index in [2.05, 4.69) is 31.8 Å². The molecule has 0 spiro atoms. The predicted molar refractivity (Wildman–Crippen MR) is 86.6 cm³/mol. The monoisotopic (exact) mass is 265 g/mol. The van der Waals surface area contributed by atoms with Crippen LogP contribution in [0.15, 0.2) is 12.7 Å². The molecule has 0 amide bonds. The smallest absolute Gasteiger partial charge is 0.0123 e. The van der Waals surface area contributed by atoms with Gasteiger partial charge in [-0.05, 0) is 56.9 Å². The standard InChI is InChI=1S/C18H35N/c1-4-7-8-9-10-13-17(19-16-5-2)18(6-3)14-11-12-15-18/h4,17,19H,1,5-16H2,2-3H3. The van der Waals surface area contributed by atoms with Crippen LogP contribution in [-0.4, -0.2) is 12.6 Å². The van der Waals surface area contributed by atoms with Crippen molar-refractivity contribution < 1.29 is 0 Å². The second kappa shape index (κ2) is 9.58. The van der Waals surface area contributed by atoms with Gasteiger partial charge in [-0.25, -0.2) is 0 Å². The Kier molecular flexibility index (Phi) is 8.45. The summed E-state index contributed by atoms with van der Waals surface area (Å²) in [6, 6.07) is 0.767. The molecule has 0 aliphatic heterocycles. The Balaban J connectivity index is 2.43. The lowest BCUT2D eigenvalue weighted by atomic mass is 9.74. The van der Waals surface area contributed by atoms with E-state index in [1.165, 1.54) is 77.2 Å². The van der Waals surface area contributed by atoms with Crippen LogP contribution in [0.1, 0.15) is 84.5 Å². The lowest BCUT2D eigenvalue weighted by Gasteiger charge is -2.38. The average Bonchev–Trinajstić information content (AvgIpc) is 2.92. The maximum atomic E-state index is 3.87. The van der Waals surface area contributed by atoms with Gasteiger partial charge in [0.1, 0.15) is 0 Å². The summed E-state index contributed by atoms with van der Waals surface area (Å²) in [6.45, 7) is 9.69. The normalized spacial score (nSPS) is 19.5. The molecule has 1 nitrogen and oxygen atoms in total. The minimum absolute atomic E-state index is 0.619. The van der Waals surface area contributed by atoms with Crippen molar-refractivity contribution >= 4 is 0 Å². The molecule has 112 valence electrons. The van der Waals surface area contributed by atoms with Gasteiger partial charge in [-0.3, -0.25) is 0 Å². The second-order valence-electron chi connectivity index (χ2n) is 6.36. The molecule has 19 heavy (non-hydrogen) atoms. The van der Waals surface area contributed by atoms with E-state index in [0.717, 1.165) is 6.04 Å². The van der Waals surface area contributed by atoms with Crippen molar-refractivity contribution in [3.8, 4) is 0 Å². The molecule has 0 bridgehead atoms. The molecule has 1 aliphatic rings. The van der Waals surface area contributed by atoms with E-state index in [-0.39, 0.29) is 0 Å². The van der Waals surface area contributed by atoms with Gasteiger partial charge in [0.25, 0.3) is 0 Å². The summed E-state index contributed by atoms with van der Waals surface area (Å²) in [4.78, 5) is 0. The molecule has 0 aromatic heterocycles. The van der Waals surface area contributed by atoms with E-state index in [1.807, 2.05) is 0 Å². The van der Waals surface area contributed by atoms with Gasteiger partial charge in [0, 0.05) is 6.04 Å². The summed E-state index contributed by atoms with van der Waals surface area (Å²) in [5.41, 5.74) is 0.619. The topological polar surface area (TPSA) is 12.0 Å². The number of nitrogens with one attached hydrogen (secondary N) is 1. The van der Waals surface area contributed by atoms with Crippen LogP contribution in [0.25, 0.3) is 0 Å². The highest BCUT2D eigenvalue weighted by molar-refractivity contribution is 4.93. The van der Waals surface area contributed by atoms with Gasteiger partial charge < -0.3 is 5.32 Å². The zero-order valence-electron chi connectivity index (χ0n) is 13.3. The largest absolute Gasteiger partial charge is 0.313 e. The first-order chi connectivity index (χ1) is 9.29. The van der Waals surface area contributed by atoms with Gasteiger partial charge in [0.15, 0.2) is 0 Å². The van der Waals surface area contributed by atoms with Gasteiger partial charge in [-0.2, -0.15) is 0 Å². The molecule has 1 heteroatoms. The molecule has 1 unspecified atom stereocenters. The summed E-state index contributed by atoms with van der Waals surface area (Å²) in [5, 5.41) is 3.87. The molecular formula is C18H35N. The predicted octanol–water partition coefficient (Wildman–Crippen LogP) is 5.46. The number of hydrogen-bond acceptors (Lipinski definition) is 1. The van der Waals surface area contributed by atoms with Crippen molar-refractivity contribution in [3.05, 3.63) is 12.7 Å². The first kappa shape index (κ1) is 16.8. The van der Waals surface area contributed by atoms with Gasteiger partial charge in [-0.15, -0.1) is 6.58 Å². The van der Waals surface area contributed by atoms with E-state index >= 15 is 0 Å². The molecule has 0 heterocycles. The second-order valence-corrected chi connectivity index (χ2v) is 6.36. The van der Waals surface area contributed by atoms with E-state index < -0.39 is 0 Å². The Morgan fingerprint density at radius 2 is 1.89 bits per heavy atom. The summed E-state index contributed by atoms with van der Waals surface area (Å²) >= 11 is 0. The van der Waals surface area contributed by atoms with E-state index in [1.54, 1.807) is 0 Å². The van der Waals surface area contributed by atoms with Crippen LogP contribution < -0.4 is 5.32 Å². The lowest BCUT2D eigenvalue weighted by molar-refractivity contribution is 0.173. The van der Waals surface area contributed by atoms with Crippen LogP contribution >= 0.6 is 0 Å². The Bertz CT molecular complexity index is 228. The van der Waals surface area contributed by atoms with Crippen molar-refractivity contribution in [2.45, 2.75) is 90.5 Å². The average molecular weight is 265 g/mol. The SMILES string of the molecule is C=CCCCCCC(NCCC)C1(CC)CCCC1. The molecule has 0 aromatic carbocycles. The zero-order valence-corrected chi connectivity index (χ0v) is 13.3. The van der Waals surface area contributed by atoms with Crippen LogP contribution in [-0.2, 0) is 0 Å². The quantitative estimate of drug-likeness (QED) is 0.386. The Morgan fingerprint density at radius 3 is 2.47 bits per heavy atom. The Labute approximate surface area is 121 Å². The molecule has 1 rings (SSSR count). The van der Waals surface area contributed by atoms with E-state index in [4.69, 9.17) is 0 Å². The summed E-state index contributed by atoms with van der Waals surface area (Å²) in [7, 11) is 0. The summed E-state index contributed by atoms with van der Waals surface area (Å²) in [5.74, 6) is 0. The number of rotatable bonds is 11. The maximum absolute atomic E-state index is 3.87. The fourth-order valence-corrected chi connectivity index (χ4v) is 3.78. The molecule has 0 saturated heterocycles. The fourth-order valence-electron chi connectivity index (χ4n) is 3.78. The van der Waals surface area contributed by atoms with Crippen LogP contribution in [0.4, 0.5) is 0 Å². The molecule has 1 fully saturated rings. The number of allylic oxidation sites excluding steroid dienone is 1. The zero-order chi connectivity index (χ0) is 14.0. The lowest BCUT2D eigenvalue weighted by Crippen LogP contribution is -2.44. The molecule has 1 atom stereocenters. The number of unbranched alkanes of at least 4 members (excludes halogenated alkanes) is 3. The molecular weight excluding hydrogens is 230 g/mol. The minimum Gasteiger partial charge on any atom is -0.313 e. The van der Waals surface area contributed by atoms with Crippen LogP contribution in [0.5, 0.6) is 0 Å². The van der Waals surface area contributed by atoms with E-state index in [0.29, 0.717) is 5.41 Å². The van der Waals surface area contributed by atoms with Crippen molar-refractivity contribution in [2.24, 2.45) is 5.41 Å². The van der Waals surface area contributed by atoms with Crippen molar-refractivity contribution in [1.29, 1.82) is 0 Å². The van der Waals surface area contributed by atoms with Gasteiger partial charge in [-0.1, -0.05) is 45.6 Å². The third-order valence-electron chi connectivity index (χ3n) is 5.08. The minimum atomic E-state index is 0.619. The molecule has 1 saturated carbocycles. The Morgan fingerprint density at radius 1 is 1.16 bits per heavy atom. The van der Waals surface area contributed by atoms with Crippen LogP contribution in [0.3, 0.4) is 0 Å².